The van der Waals surface area contributed by atoms with Gasteiger partial charge in [-0.2, -0.15) is 0 Å². The van der Waals surface area contributed by atoms with Gasteiger partial charge >= 0.3 is 0 Å². The molecule has 2 aliphatic rings. The van der Waals surface area contributed by atoms with Gasteiger partial charge in [-0.15, -0.1) is 0 Å². The summed E-state index contributed by atoms with van der Waals surface area (Å²) in [4.78, 5) is 2.81. The Morgan fingerprint density at radius 2 is 1.94 bits per heavy atom. The minimum atomic E-state index is 0.788. The van der Waals surface area contributed by atoms with Gasteiger partial charge in [-0.05, 0) is 51.6 Å². The van der Waals surface area contributed by atoms with Crippen LogP contribution in [0.5, 0.6) is 0 Å². The Balaban J connectivity index is 1.90. The monoisotopic (exact) mass is 238 g/mol. The van der Waals surface area contributed by atoms with Crippen molar-refractivity contribution in [3.05, 3.63) is 0 Å². The first kappa shape index (κ1) is 13.4. The molecule has 0 aromatic heterocycles. The molecule has 2 nitrogen and oxygen atoms in total. The van der Waals surface area contributed by atoms with Crippen LogP contribution in [0, 0.1) is 5.92 Å². The van der Waals surface area contributed by atoms with Gasteiger partial charge in [0, 0.05) is 18.6 Å². The van der Waals surface area contributed by atoms with Gasteiger partial charge in [0.1, 0.15) is 0 Å². The van der Waals surface area contributed by atoms with Crippen LogP contribution in [0.1, 0.15) is 58.3 Å². The number of nitrogens with zero attached hydrogens (tertiary/aromatic N) is 1. The average molecular weight is 238 g/mol. The molecule has 0 radical (unpaired) electrons. The summed E-state index contributed by atoms with van der Waals surface area (Å²) in [5.41, 5.74) is 0. The van der Waals surface area contributed by atoms with E-state index in [0.717, 1.165) is 18.0 Å². The number of rotatable bonds is 4. The van der Waals surface area contributed by atoms with Crippen LogP contribution < -0.4 is 5.32 Å². The molecule has 1 N–H and O–H groups in total. The Labute approximate surface area is 107 Å². The molecule has 0 amide bonds. The Bertz CT molecular complexity index is 217. The summed E-state index contributed by atoms with van der Waals surface area (Å²) in [5.74, 6) is 0.909. The number of hydrogen-bond acceptors (Lipinski definition) is 2. The van der Waals surface area contributed by atoms with Crippen molar-refractivity contribution in [2.45, 2.75) is 70.4 Å². The highest BCUT2D eigenvalue weighted by atomic mass is 15.2. The molecule has 1 aliphatic carbocycles. The van der Waals surface area contributed by atoms with E-state index in [1.165, 1.54) is 64.5 Å². The summed E-state index contributed by atoms with van der Waals surface area (Å²) in [6.07, 6.45) is 11.4. The number of nitrogens with one attached hydrogen (secondary N) is 1. The summed E-state index contributed by atoms with van der Waals surface area (Å²) < 4.78 is 0. The lowest BCUT2D eigenvalue weighted by atomic mass is 10.0. The average Bonchev–Trinajstić information content (AvgIpc) is 2.67. The van der Waals surface area contributed by atoms with Crippen LogP contribution in [0.25, 0.3) is 0 Å². The second-order valence-corrected chi connectivity index (χ2v) is 5.99. The lowest BCUT2D eigenvalue weighted by Gasteiger charge is -2.33. The van der Waals surface area contributed by atoms with Gasteiger partial charge < -0.3 is 10.2 Å². The van der Waals surface area contributed by atoms with Crippen LogP contribution in [0.2, 0.25) is 0 Å². The minimum absolute atomic E-state index is 0.788. The molecule has 100 valence electrons. The molecule has 1 saturated heterocycles. The fourth-order valence-electron chi connectivity index (χ4n) is 3.88. The molecular formula is C15H30N2. The largest absolute Gasteiger partial charge is 0.317 e. The first-order chi connectivity index (χ1) is 8.35. The second-order valence-electron chi connectivity index (χ2n) is 5.99. The van der Waals surface area contributed by atoms with E-state index in [9.17, 15) is 0 Å². The van der Waals surface area contributed by atoms with Crippen LogP contribution in [0.15, 0.2) is 0 Å². The first-order valence-corrected chi connectivity index (χ1v) is 7.76. The topological polar surface area (TPSA) is 15.3 Å². The Morgan fingerprint density at radius 1 is 1.06 bits per heavy atom. The molecule has 1 heterocycles. The van der Waals surface area contributed by atoms with Gasteiger partial charge in [0.25, 0.3) is 0 Å². The van der Waals surface area contributed by atoms with Crippen molar-refractivity contribution < 1.29 is 0 Å². The van der Waals surface area contributed by atoms with Crippen molar-refractivity contribution in [2.75, 3.05) is 20.1 Å². The zero-order valence-corrected chi connectivity index (χ0v) is 11.8. The Morgan fingerprint density at radius 3 is 2.71 bits per heavy atom. The van der Waals surface area contributed by atoms with Crippen LogP contribution in [0.3, 0.4) is 0 Å². The molecule has 0 aromatic carbocycles. The molecule has 2 rings (SSSR count). The maximum atomic E-state index is 3.53. The third-order valence-corrected chi connectivity index (χ3v) is 4.97. The lowest BCUT2D eigenvalue weighted by Crippen LogP contribution is -2.42. The Hall–Kier alpha value is -0.0800. The predicted octanol–water partition coefficient (Wildman–Crippen LogP) is 3.03. The van der Waals surface area contributed by atoms with Gasteiger partial charge in [-0.25, -0.2) is 0 Å². The van der Waals surface area contributed by atoms with Gasteiger partial charge in [0.05, 0.1) is 0 Å². The number of likely N-dealkylation sites (tertiary alicyclic amines) is 1. The quantitative estimate of drug-likeness (QED) is 0.810. The fraction of sp³-hybridized carbons (Fsp3) is 1.00. The molecule has 2 fully saturated rings. The SMILES string of the molecule is CCC1CCCCCN1CC1CCCC1NC. The third-order valence-electron chi connectivity index (χ3n) is 4.97. The molecule has 1 aliphatic heterocycles. The standard InChI is InChI=1S/C15H30N2/c1-3-14-9-5-4-6-11-17(14)12-13-8-7-10-15(13)16-2/h13-16H,3-12H2,1-2H3. The van der Waals surface area contributed by atoms with Gasteiger partial charge in [-0.3, -0.25) is 0 Å². The summed E-state index contributed by atoms with van der Waals surface area (Å²) in [7, 11) is 2.14. The van der Waals surface area contributed by atoms with Crippen molar-refractivity contribution >= 4 is 0 Å². The van der Waals surface area contributed by atoms with Crippen LogP contribution in [-0.2, 0) is 0 Å². The summed E-state index contributed by atoms with van der Waals surface area (Å²) in [6.45, 7) is 5.07. The summed E-state index contributed by atoms with van der Waals surface area (Å²) >= 11 is 0. The zero-order valence-electron chi connectivity index (χ0n) is 11.8. The molecule has 3 atom stereocenters. The fourth-order valence-corrected chi connectivity index (χ4v) is 3.88. The molecule has 0 aromatic rings. The van der Waals surface area contributed by atoms with Crippen molar-refractivity contribution in [3.63, 3.8) is 0 Å². The molecule has 0 spiro atoms. The van der Waals surface area contributed by atoms with Crippen LogP contribution in [-0.4, -0.2) is 37.1 Å². The van der Waals surface area contributed by atoms with Crippen molar-refractivity contribution in [3.8, 4) is 0 Å². The highest BCUT2D eigenvalue weighted by Crippen LogP contribution is 2.29. The van der Waals surface area contributed by atoms with Crippen molar-refractivity contribution in [1.29, 1.82) is 0 Å². The van der Waals surface area contributed by atoms with E-state index in [1.807, 2.05) is 0 Å². The molecule has 0 bridgehead atoms. The maximum Gasteiger partial charge on any atom is 0.0104 e. The highest BCUT2D eigenvalue weighted by Gasteiger charge is 2.29. The van der Waals surface area contributed by atoms with Crippen LogP contribution in [0.4, 0.5) is 0 Å². The third kappa shape index (κ3) is 3.45. The minimum Gasteiger partial charge on any atom is -0.317 e. The van der Waals surface area contributed by atoms with Crippen molar-refractivity contribution in [2.24, 2.45) is 5.92 Å². The van der Waals surface area contributed by atoms with E-state index in [-0.39, 0.29) is 0 Å². The molecule has 17 heavy (non-hydrogen) atoms. The van der Waals surface area contributed by atoms with E-state index < -0.39 is 0 Å². The smallest absolute Gasteiger partial charge is 0.0104 e. The number of hydrogen-bond donors (Lipinski definition) is 1. The van der Waals surface area contributed by atoms with E-state index in [4.69, 9.17) is 0 Å². The predicted molar refractivity (Wildman–Crippen MR) is 74.3 cm³/mol. The second kappa shape index (κ2) is 6.75. The molecule has 3 unspecified atom stereocenters. The summed E-state index contributed by atoms with van der Waals surface area (Å²) in [6, 6.07) is 1.66. The molecule has 1 saturated carbocycles. The van der Waals surface area contributed by atoms with Crippen molar-refractivity contribution in [1.82, 2.24) is 10.2 Å². The molecular weight excluding hydrogens is 208 g/mol. The van der Waals surface area contributed by atoms with Gasteiger partial charge in [-0.1, -0.05) is 26.2 Å². The highest BCUT2D eigenvalue weighted by molar-refractivity contribution is 4.86. The maximum absolute atomic E-state index is 3.53. The van der Waals surface area contributed by atoms with E-state index >= 15 is 0 Å². The van der Waals surface area contributed by atoms with Crippen LogP contribution >= 0.6 is 0 Å². The Kier molecular flexibility index (Phi) is 5.30. The van der Waals surface area contributed by atoms with E-state index in [1.54, 1.807) is 0 Å². The zero-order chi connectivity index (χ0) is 12.1. The lowest BCUT2D eigenvalue weighted by molar-refractivity contribution is 0.156. The van der Waals surface area contributed by atoms with Gasteiger partial charge in [0.2, 0.25) is 0 Å². The van der Waals surface area contributed by atoms with E-state index in [0.29, 0.717) is 0 Å². The first-order valence-electron chi connectivity index (χ1n) is 7.76. The van der Waals surface area contributed by atoms with E-state index in [2.05, 4.69) is 24.2 Å². The normalized spacial score (nSPS) is 36.0. The summed E-state index contributed by atoms with van der Waals surface area (Å²) in [5, 5.41) is 3.53. The molecule has 2 heteroatoms. The van der Waals surface area contributed by atoms with Gasteiger partial charge in [0.15, 0.2) is 0 Å².